The van der Waals surface area contributed by atoms with Crippen molar-refractivity contribution in [1.29, 1.82) is 0 Å². The predicted molar refractivity (Wildman–Crippen MR) is 214 cm³/mol. The summed E-state index contributed by atoms with van der Waals surface area (Å²) < 4.78 is 146. The van der Waals surface area contributed by atoms with Crippen molar-refractivity contribution >= 4 is 41.9 Å². The molecule has 14 heteroatoms. The molecule has 0 bridgehead atoms. The Kier molecular flexibility index (Phi) is 20.9. The van der Waals surface area contributed by atoms with E-state index in [1.807, 2.05) is 65.8 Å². The average molecular weight is 823 g/mol. The normalized spacial score (nSPS) is 11.0. The first-order valence-electron chi connectivity index (χ1n) is 18.8. The molecule has 308 valence electrons. The molecule has 0 spiro atoms. The Labute approximate surface area is 345 Å². The van der Waals surface area contributed by atoms with Gasteiger partial charge in [-0.1, -0.05) is 74.7 Å². The zero-order valence-electron chi connectivity index (χ0n) is 35.4. The third-order valence-electron chi connectivity index (χ3n) is 9.29. The van der Waals surface area contributed by atoms with Gasteiger partial charge in [-0.15, -0.1) is 10.9 Å². The molecule has 4 aromatic rings. The van der Waals surface area contributed by atoms with Crippen molar-refractivity contribution in [3.63, 3.8) is 0 Å². The van der Waals surface area contributed by atoms with Crippen molar-refractivity contribution in [2.24, 2.45) is 0 Å². The van der Waals surface area contributed by atoms with E-state index in [4.69, 9.17) is 0 Å². The van der Waals surface area contributed by atoms with E-state index in [1.54, 1.807) is 0 Å². The fourth-order valence-electron chi connectivity index (χ4n) is 7.36. The maximum absolute atomic E-state index is 15.2. The Morgan fingerprint density at radius 2 is 0.825 bits per heavy atom. The van der Waals surface area contributed by atoms with Crippen molar-refractivity contribution in [2.45, 2.75) is 115 Å². The number of nitrogens with one attached hydrogen (secondary N) is 1. The van der Waals surface area contributed by atoms with Gasteiger partial charge < -0.3 is 0 Å². The zero-order chi connectivity index (χ0) is 42.9. The maximum atomic E-state index is 15.2. The monoisotopic (exact) mass is 822 g/mol. The molecule has 0 amide bonds. The van der Waals surface area contributed by atoms with Crippen LogP contribution in [-0.2, 0) is 0 Å². The van der Waals surface area contributed by atoms with E-state index in [0.29, 0.717) is 6.04 Å². The largest absolute Gasteiger partial charge is 1.00 e. The number of hydrogen-bond donors (Lipinski definition) is 1. The molecule has 0 saturated heterocycles. The van der Waals surface area contributed by atoms with Crippen LogP contribution in [0, 0.1) is 99.7 Å². The molecular weight excluding hydrogens is 769 g/mol. The first-order valence-corrected chi connectivity index (χ1v) is 20.3. The van der Waals surface area contributed by atoms with Crippen LogP contribution in [0.4, 0.5) is 43.9 Å². The SMILES string of the molecule is CC(C)=[NH+]C(C)C.CCCCC.Cc1cc(C)c(P(CC[BH-](c2c(F)c(F)c(F)c(F)c2F)c2c(F)c(F)c(F)c(F)c2F)c2c(C)cc(C)cc2C)c(C)c1.[Li+]. The Hall–Kier alpha value is -3.06. The van der Waals surface area contributed by atoms with Crippen molar-refractivity contribution in [2.75, 3.05) is 6.16 Å². The summed E-state index contributed by atoms with van der Waals surface area (Å²) in [5.41, 5.74) is 3.25. The van der Waals surface area contributed by atoms with Gasteiger partial charge in [-0.2, -0.15) is 6.32 Å². The van der Waals surface area contributed by atoms with Gasteiger partial charge in [0.25, 0.3) is 0 Å². The molecule has 0 aromatic heterocycles. The van der Waals surface area contributed by atoms with Crippen LogP contribution in [0.2, 0.25) is 6.32 Å². The fraction of sp³-hybridized carbons (Fsp3) is 0.419. The molecule has 0 heterocycles. The molecular formula is C43H53BF10LiNP+. The molecule has 0 radical (unpaired) electrons. The molecule has 4 rings (SSSR count). The molecule has 0 aliphatic rings. The summed E-state index contributed by atoms with van der Waals surface area (Å²) in [6.45, 7) is 20.3. The second kappa shape index (κ2) is 22.9. The number of rotatable bonds is 10. The molecule has 0 atom stereocenters. The van der Waals surface area contributed by atoms with Crippen LogP contribution in [0.15, 0.2) is 24.3 Å². The van der Waals surface area contributed by atoms with E-state index in [0.717, 1.165) is 44.0 Å². The van der Waals surface area contributed by atoms with Crippen LogP contribution in [0.3, 0.4) is 0 Å². The first kappa shape index (κ1) is 52.0. The molecule has 1 N–H and O–H groups in total. The van der Waals surface area contributed by atoms with Gasteiger partial charge in [-0.05, 0) is 96.2 Å². The number of benzene rings is 4. The van der Waals surface area contributed by atoms with Crippen molar-refractivity contribution in [3.05, 3.63) is 116 Å². The Morgan fingerprint density at radius 1 is 0.544 bits per heavy atom. The van der Waals surface area contributed by atoms with Crippen molar-refractivity contribution in [3.8, 4) is 0 Å². The standard InChI is InChI=1S/C32H27BF10P.C6H13N.C5H12.Li/c1-13-9-15(3)31(16(4)10-13)44(32-17(5)11-14(2)12-18(32)6)8-7-33(19-21(34)25(38)29(42)26(39)22(19)35)20-23(36)27(40)30(43)28(41)24(20)37;1-5(2)7-6(3)4;1-3-5-4-2;/h9-12,33H,7-8H2,1-6H3;5H,1-4H3;3-5H2,1-2H3;/q-1;;;+1/p+1. The zero-order valence-corrected chi connectivity index (χ0v) is 36.3. The van der Waals surface area contributed by atoms with E-state index in [9.17, 15) is 26.3 Å². The Morgan fingerprint density at radius 3 is 1.04 bits per heavy atom. The summed E-state index contributed by atoms with van der Waals surface area (Å²) in [6.07, 6.45) is 3.29. The molecule has 0 aliphatic carbocycles. The molecule has 0 unspecified atom stereocenters. The smallest absolute Gasteiger partial charge is 0.248 e. The van der Waals surface area contributed by atoms with Crippen LogP contribution >= 0.6 is 7.92 Å². The van der Waals surface area contributed by atoms with Gasteiger partial charge >= 0.3 is 18.9 Å². The average Bonchev–Trinajstić information content (AvgIpc) is 3.09. The first-order chi connectivity index (χ1) is 26.0. The van der Waals surface area contributed by atoms with Gasteiger partial charge in [0.1, 0.15) is 35.0 Å². The Balaban J connectivity index is 0.00000109. The predicted octanol–water partition coefficient (Wildman–Crippen LogP) is 6.56. The quantitative estimate of drug-likeness (QED) is 0.0466. The summed E-state index contributed by atoms with van der Waals surface area (Å²) in [4.78, 5) is 3.22. The number of halogens is 10. The summed E-state index contributed by atoms with van der Waals surface area (Å²) in [7, 11) is -1.55. The van der Waals surface area contributed by atoms with Gasteiger partial charge in [-0.3, -0.25) is 0 Å². The minimum absolute atomic E-state index is 0. The van der Waals surface area contributed by atoms with Crippen molar-refractivity contribution in [1.82, 2.24) is 0 Å². The number of aryl methyl sites for hydroxylation is 6. The summed E-state index contributed by atoms with van der Waals surface area (Å²) in [5, 5.41) is 1.63. The fourth-order valence-corrected chi connectivity index (χ4v) is 10.6. The second-order valence-electron chi connectivity index (χ2n) is 14.9. The van der Waals surface area contributed by atoms with Crippen LogP contribution in [0.1, 0.15) is 94.2 Å². The van der Waals surface area contributed by atoms with Crippen LogP contribution < -0.4 is 45.4 Å². The number of hydrogen-bond acceptors (Lipinski definition) is 0. The summed E-state index contributed by atoms with van der Waals surface area (Å²) in [5.74, 6) is -24.1. The molecule has 0 aliphatic heterocycles. The molecule has 0 fully saturated rings. The third kappa shape index (κ3) is 12.7. The van der Waals surface area contributed by atoms with Gasteiger partial charge in [-0.25, -0.2) is 48.9 Å². The van der Waals surface area contributed by atoms with E-state index in [-0.39, 0.29) is 25.0 Å². The van der Waals surface area contributed by atoms with E-state index < -0.39 is 90.1 Å². The maximum Gasteiger partial charge on any atom is 1.00 e. The molecule has 57 heavy (non-hydrogen) atoms. The summed E-state index contributed by atoms with van der Waals surface area (Å²) >= 11 is 0. The molecule has 0 saturated carbocycles. The van der Waals surface area contributed by atoms with Gasteiger partial charge in [0.05, 0.1) is 6.71 Å². The van der Waals surface area contributed by atoms with Crippen LogP contribution in [0.25, 0.3) is 0 Å². The van der Waals surface area contributed by atoms with Gasteiger partial charge in [0.2, 0.25) is 0 Å². The molecule has 1 nitrogen and oxygen atoms in total. The van der Waals surface area contributed by atoms with Crippen LogP contribution in [0.5, 0.6) is 0 Å². The van der Waals surface area contributed by atoms with Gasteiger partial charge in [0.15, 0.2) is 34.9 Å². The number of unbranched alkanes of at least 4 members (excludes halogenated alkanes) is 2. The van der Waals surface area contributed by atoms with Gasteiger partial charge in [0, 0.05) is 13.8 Å². The van der Waals surface area contributed by atoms with E-state index >= 15 is 17.6 Å². The molecule has 4 aromatic carbocycles. The minimum atomic E-state index is -3.63. The van der Waals surface area contributed by atoms with Crippen LogP contribution in [-0.4, -0.2) is 24.6 Å². The van der Waals surface area contributed by atoms with E-state index in [2.05, 4.69) is 46.5 Å². The minimum Gasteiger partial charge on any atom is -0.248 e. The Bertz CT molecular complexity index is 1820. The van der Waals surface area contributed by atoms with E-state index in [1.165, 1.54) is 25.0 Å². The summed E-state index contributed by atoms with van der Waals surface area (Å²) in [6, 6.07) is 8.18. The third-order valence-corrected chi connectivity index (χ3v) is 12.5. The topological polar surface area (TPSA) is 14.0 Å². The van der Waals surface area contributed by atoms with Crippen molar-refractivity contribution < 1.29 is 67.8 Å². The second-order valence-corrected chi connectivity index (χ2v) is 17.1.